The first-order chi connectivity index (χ1) is 11.5. The Hall–Kier alpha value is -0.730. The summed E-state index contributed by atoms with van der Waals surface area (Å²) < 4.78 is 41.0. The van der Waals surface area contributed by atoms with Crippen LogP contribution in [0.25, 0.3) is 0 Å². The lowest BCUT2D eigenvalue weighted by molar-refractivity contribution is 0.145. The second kappa shape index (κ2) is 7.66. The summed E-state index contributed by atoms with van der Waals surface area (Å²) >= 11 is 0. The molecule has 2 saturated carbocycles. The highest BCUT2D eigenvalue weighted by atomic mass is 19.2. The molecule has 0 saturated heterocycles. The van der Waals surface area contributed by atoms with Crippen LogP contribution in [0.4, 0.5) is 13.2 Å². The summed E-state index contributed by atoms with van der Waals surface area (Å²) in [7, 11) is 0. The van der Waals surface area contributed by atoms with Crippen LogP contribution in [-0.2, 0) is 0 Å². The normalized spacial score (nSPS) is 41.3. The molecule has 0 aromatic rings. The van der Waals surface area contributed by atoms with E-state index in [1.807, 2.05) is 0 Å². The Morgan fingerprint density at radius 1 is 0.917 bits per heavy atom. The molecular formula is C21H31F3. The average Bonchev–Trinajstić information content (AvgIpc) is 2.63. The van der Waals surface area contributed by atoms with E-state index in [0.717, 1.165) is 36.2 Å². The molecule has 0 spiro atoms. The largest absolute Gasteiger partial charge is 0.239 e. The van der Waals surface area contributed by atoms with Crippen LogP contribution in [0.2, 0.25) is 0 Å². The average molecular weight is 340 g/mol. The SMILES string of the molecule is CCC1CCC(C2CCC(C3=CC(F)=C(F)C(F)C3C)CC2)CC1. The van der Waals surface area contributed by atoms with Gasteiger partial charge in [0, 0.05) is 5.92 Å². The number of rotatable bonds is 3. The maximum atomic E-state index is 14.0. The van der Waals surface area contributed by atoms with Crippen LogP contribution in [0.5, 0.6) is 0 Å². The Labute approximate surface area is 144 Å². The van der Waals surface area contributed by atoms with Crippen LogP contribution >= 0.6 is 0 Å². The number of alkyl halides is 1. The summed E-state index contributed by atoms with van der Waals surface area (Å²) in [5.74, 6) is 0.0814. The van der Waals surface area contributed by atoms with Crippen molar-refractivity contribution in [3.63, 3.8) is 0 Å². The van der Waals surface area contributed by atoms with Gasteiger partial charge in [-0.2, -0.15) is 0 Å². The van der Waals surface area contributed by atoms with E-state index in [9.17, 15) is 13.2 Å². The molecule has 0 aliphatic heterocycles. The fraction of sp³-hybridized carbons (Fsp3) is 0.810. The predicted molar refractivity (Wildman–Crippen MR) is 92.6 cm³/mol. The molecule has 0 aromatic heterocycles. The highest BCUT2D eigenvalue weighted by molar-refractivity contribution is 5.32. The zero-order valence-corrected chi connectivity index (χ0v) is 15.0. The van der Waals surface area contributed by atoms with Crippen LogP contribution in [0.1, 0.15) is 71.6 Å². The standard InChI is InChI=1S/C21H31F3/c1-3-14-4-6-15(7-5-14)16-8-10-17(11-9-16)18-12-19(22)21(24)20(23)13(18)2/h12-17,20H,3-11H2,1-2H3. The van der Waals surface area contributed by atoms with Crippen molar-refractivity contribution in [2.45, 2.75) is 77.8 Å². The van der Waals surface area contributed by atoms with Gasteiger partial charge in [-0.3, -0.25) is 0 Å². The van der Waals surface area contributed by atoms with Crippen LogP contribution in [-0.4, -0.2) is 6.17 Å². The molecule has 2 atom stereocenters. The van der Waals surface area contributed by atoms with Crippen molar-refractivity contribution in [3.8, 4) is 0 Å². The van der Waals surface area contributed by atoms with E-state index in [2.05, 4.69) is 6.92 Å². The van der Waals surface area contributed by atoms with E-state index < -0.39 is 23.7 Å². The van der Waals surface area contributed by atoms with E-state index in [1.54, 1.807) is 6.92 Å². The van der Waals surface area contributed by atoms with Gasteiger partial charge in [-0.25, -0.2) is 13.2 Å². The fourth-order valence-corrected chi connectivity index (χ4v) is 5.35. The van der Waals surface area contributed by atoms with Crippen molar-refractivity contribution in [2.24, 2.45) is 29.6 Å². The molecule has 2 fully saturated rings. The van der Waals surface area contributed by atoms with Crippen molar-refractivity contribution < 1.29 is 13.2 Å². The fourth-order valence-electron chi connectivity index (χ4n) is 5.35. The van der Waals surface area contributed by atoms with Crippen LogP contribution in [0, 0.1) is 29.6 Å². The van der Waals surface area contributed by atoms with Gasteiger partial charge in [0.2, 0.25) is 0 Å². The minimum absolute atomic E-state index is 0.236. The molecule has 3 rings (SSSR count). The van der Waals surface area contributed by atoms with Crippen LogP contribution in [0.15, 0.2) is 23.3 Å². The van der Waals surface area contributed by atoms with Gasteiger partial charge in [-0.15, -0.1) is 0 Å². The van der Waals surface area contributed by atoms with Crippen molar-refractivity contribution in [1.82, 2.24) is 0 Å². The van der Waals surface area contributed by atoms with Crippen LogP contribution in [0.3, 0.4) is 0 Å². The maximum Gasteiger partial charge on any atom is 0.170 e. The lowest BCUT2D eigenvalue weighted by atomic mass is 9.66. The Morgan fingerprint density at radius 2 is 1.46 bits per heavy atom. The Kier molecular flexibility index (Phi) is 5.77. The molecule has 0 aromatic carbocycles. The first-order valence-electron chi connectivity index (χ1n) is 9.91. The molecular weight excluding hydrogens is 309 g/mol. The third-order valence-electron chi connectivity index (χ3n) is 7.11. The molecule has 0 bridgehead atoms. The van der Waals surface area contributed by atoms with Gasteiger partial charge in [-0.1, -0.05) is 38.7 Å². The highest BCUT2D eigenvalue weighted by Crippen LogP contribution is 2.46. The van der Waals surface area contributed by atoms with E-state index in [1.165, 1.54) is 51.0 Å². The van der Waals surface area contributed by atoms with Crippen molar-refractivity contribution in [1.29, 1.82) is 0 Å². The lowest BCUT2D eigenvalue weighted by Crippen LogP contribution is -2.29. The number of halogens is 3. The second-order valence-electron chi connectivity index (χ2n) is 8.33. The van der Waals surface area contributed by atoms with Gasteiger partial charge in [0.15, 0.2) is 17.8 Å². The molecule has 0 radical (unpaired) electrons. The molecule has 24 heavy (non-hydrogen) atoms. The van der Waals surface area contributed by atoms with Crippen LogP contribution < -0.4 is 0 Å². The Morgan fingerprint density at radius 3 is 2.00 bits per heavy atom. The van der Waals surface area contributed by atoms with Gasteiger partial charge in [-0.05, 0) is 68.3 Å². The Balaban J connectivity index is 1.57. The predicted octanol–water partition coefficient (Wildman–Crippen LogP) is 7.07. The van der Waals surface area contributed by atoms with Gasteiger partial charge in [0.25, 0.3) is 0 Å². The summed E-state index contributed by atoms with van der Waals surface area (Å²) in [6, 6.07) is 0. The zero-order valence-electron chi connectivity index (χ0n) is 15.0. The molecule has 3 aliphatic carbocycles. The van der Waals surface area contributed by atoms with Gasteiger partial charge >= 0.3 is 0 Å². The Bertz CT molecular complexity index is 491. The highest BCUT2D eigenvalue weighted by Gasteiger charge is 2.37. The van der Waals surface area contributed by atoms with E-state index in [-0.39, 0.29) is 5.92 Å². The maximum absolute atomic E-state index is 14.0. The minimum atomic E-state index is -1.80. The summed E-state index contributed by atoms with van der Waals surface area (Å²) in [6.07, 6.45) is 10.6. The third-order valence-corrected chi connectivity index (χ3v) is 7.11. The van der Waals surface area contributed by atoms with E-state index in [0.29, 0.717) is 0 Å². The lowest BCUT2D eigenvalue weighted by Gasteiger charge is -2.39. The van der Waals surface area contributed by atoms with Crippen molar-refractivity contribution in [3.05, 3.63) is 23.3 Å². The monoisotopic (exact) mass is 340 g/mol. The zero-order chi connectivity index (χ0) is 17.3. The topological polar surface area (TPSA) is 0 Å². The summed E-state index contributed by atoms with van der Waals surface area (Å²) in [5.41, 5.74) is 0.801. The van der Waals surface area contributed by atoms with Gasteiger partial charge < -0.3 is 0 Å². The summed E-state index contributed by atoms with van der Waals surface area (Å²) in [6.45, 7) is 3.99. The second-order valence-corrected chi connectivity index (χ2v) is 8.33. The molecule has 136 valence electrons. The van der Waals surface area contributed by atoms with Crippen molar-refractivity contribution >= 4 is 0 Å². The molecule has 3 aliphatic rings. The molecule has 0 N–H and O–H groups in total. The number of allylic oxidation sites excluding steroid dienone is 4. The smallest absolute Gasteiger partial charge is 0.170 e. The molecule has 3 heteroatoms. The molecule has 0 nitrogen and oxygen atoms in total. The quantitative estimate of drug-likeness (QED) is 0.515. The molecule has 0 heterocycles. The van der Waals surface area contributed by atoms with Gasteiger partial charge in [0.1, 0.15) is 0 Å². The minimum Gasteiger partial charge on any atom is -0.239 e. The molecule has 2 unspecified atom stereocenters. The van der Waals surface area contributed by atoms with E-state index in [4.69, 9.17) is 0 Å². The first kappa shape index (κ1) is 18.1. The van der Waals surface area contributed by atoms with E-state index >= 15 is 0 Å². The number of hydrogen-bond donors (Lipinski definition) is 0. The third kappa shape index (κ3) is 3.60. The summed E-state index contributed by atoms with van der Waals surface area (Å²) in [4.78, 5) is 0. The molecule has 0 amide bonds. The van der Waals surface area contributed by atoms with Crippen molar-refractivity contribution in [2.75, 3.05) is 0 Å². The first-order valence-corrected chi connectivity index (χ1v) is 9.91. The summed E-state index contributed by atoms with van der Waals surface area (Å²) in [5, 5.41) is 0. The number of hydrogen-bond acceptors (Lipinski definition) is 0. The van der Waals surface area contributed by atoms with Gasteiger partial charge in [0.05, 0.1) is 0 Å².